The quantitative estimate of drug-likeness (QED) is 0.613. The second-order valence-electron chi connectivity index (χ2n) is 6.66. The normalized spacial score (nSPS) is 16.5. The average molecular weight is 356 g/mol. The van der Waals surface area contributed by atoms with Gasteiger partial charge in [-0.1, -0.05) is 24.3 Å². The summed E-state index contributed by atoms with van der Waals surface area (Å²) < 4.78 is 10.7. The van der Waals surface area contributed by atoms with Crippen molar-refractivity contribution in [1.82, 2.24) is 5.32 Å². The van der Waals surface area contributed by atoms with E-state index < -0.39 is 24.0 Å². The summed E-state index contributed by atoms with van der Waals surface area (Å²) in [5.41, 5.74) is 6.74. The fourth-order valence-corrected chi connectivity index (χ4v) is 3.06. The molecule has 1 aliphatic carbocycles. The number of anilines is 1. The van der Waals surface area contributed by atoms with Crippen molar-refractivity contribution >= 4 is 28.3 Å². The van der Waals surface area contributed by atoms with Gasteiger partial charge in [-0.05, 0) is 49.1 Å². The zero-order chi connectivity index (χ0) is 18.7. The Kier molecular flexibility index (Phi) is 5.42. The maximum absolute atomic E-state index is 12.8. The van der Waals surface area contributed by atoms with Gasteiger partial charge in [-0.2, -0.15) is 0 Å². The molecular weight excluding hydrogens is 332 g/mol. The largest absolute Gasteiger partial charge is 0.467 e. The van der Waals surface area contributed by atoms with Crippen LogP contribution in [0.5, 0.6) is 0 Å². The Balaban J connectivity index is 1.80. The Morgan fingerprint density at radius 3 is 2.42 bits per heavy atom. The number of hydrogen-bond donors (Lipinski definition) is 2. The zero-order valence-electron chi connectivity index (χ0n) is 15.0. The van der Waals surface area contributed by atoms with Crippen molar-refractivity contribution in [2.45, 2.75) is 44.4 Å². The van der Waals surface area contributed by atoms with Crippen LogP contribution in [0.3, 0.4) is 0 Å². The monoisotopic (exact) mass is 356 g/mol. The number of hydrogen-bond acceptors (Lipinski definition) is 5. The van der Waals surface area contributed by atoms with Crippen molar-refractivity contribution in [1.29, 1.82) is 0 Å². The summed E-state index contributed by atoms with van der Waals surface area (Å²) in [6, 6.07) is 10.2. The lowest BCUT2D eigenvalue weighted by Gasteiger charge is -2.32. The number of nitrogens with one attached hydrogen (secondary N) is 1. The molecule has 1 saturated carbocycles. The van der Waals surface area contributed by atoms with E-state index in [1.165, 1.54) is 7.11 Å². The summed E-state index contributed by atoms with van der Waals surface area (Å²) in [5.74, 6) is -0.961. The van der Waals surface area contributed by atoms with Crippen LogP contribution in [0, 0.1) is 0 Å². The molecule has 0 unspecified atom stereocenters. The number of nitrogen functional groups attached to an aromatic ring is 1. The molecule has 1 fully saturated rings. The third-order valence-corrected chi connectivity index (χ3v) is 4.83. The first-order chi connectivity index (χ1) is 12.5. The number of ether oxygens (including phenoxy) is 2. The Morgan fingerprint density at radius 1 is 1.19 bits per heavy atom. The minimum atomic E-state index is -0.890. The summed E-state index contributed by atoms with van der Waals surface area (Å²) >= 11 is 0. The van der Waals surface area contributed by atoms with Gasteiger partial charge in [0.25, 0.3) is 5.91 Å². The van der Waals surface area contributed by atoms with Crippen molar-refractivity contribution in [3.63, 3.8) is 0 Å². The number of nitrogens with two attached hydrogens (primary N) is 1. The number of benzene rings is 2. The zero-order valence-corrected chi connectivity index (χ0v) is 15.0. The molecule has 1 amide bonds. The number of amides is 1. The SMILES string of the molecule is COC(=O)[C@@H](NC(=O)c1cc2ccccc2cc1N)[C@@H](C)OC1CCC1. The van der Waals surface area contributed by atoms with Crippen LogP contribution in [0.25, 0.3) is 10.8 Å². The maximum atomic E-state index is 12.8. The summed E-state index contributed by atoms with van der Waals surface area (Å²) in [7, 11) is 1.29. The highest BCUT2D eigenvalue weighted by Crippen LogP contribution is 2.25. The molecule has 3 N–H and O–H groups in total. The van der Waals surface area contributed by atoms with Gasteiger partial charge >= 0.3 is 5.97 Å². The average Bonchev–Trinajstić information content (AvgIpc) is 2.61. The lowest BCUT2D eigenvalue weighted by Crippen LogP contribution is -2.50. The highest BCUT2D eigenvalue weighted by molar-refractivity contribution is 6.05. The maximum Gasteiger partial charge on any atom is 0.331 e. The van der Waals surface area contributed by atoms with Crippen molar-refractivity contribution in [2.24, 2.45) is 0 Å². The molecule has 0 spiro atoms. The van der Waals surface area contributed by atoms with Crippen molar-refractivity contribution in [2.75, 3.05) is 12.8 Å². The third kappa shape index (κ3) is 3.80. The lowest BCUT2D eigenvalue weighted by molar-refractivity contribution is -0.149. The summed E-state index contributed by atoms with van der Waals surface area (Å²) in [6.45, 7) is 1.77. The Labute approximate surface area is 152 Å². The molecule has 2 aromatic rings. The van der Waals surface area contributed by atoms with Gasteiger partial charge in [0.1, 0.15) is 0 Å². The predicted molar refractivity (Wildman–Crippen MR) is 99.8 cm³/mol. The standard InChI is InChI=1S/C20H24N2O4/c1-12(26-15-8-5-9-15)18(20(24)25-2)22-19(23)16-10-13-6-3-4-7-14(13)11-17(16)21/h3-4,6-7,10-12,15,18H,5,8-9,21H2,1-2H3,(H,22,23)/t12-,18+/m1/s1. The minimum Gasteiger partial charge on any atom is -0.467 e. The first-order valence-corrected chi connectivity index (χ1v) is 8.82. The Bertz CT molecular complexity index is 817. The van der Waals surface area contributed by atoms with E-state index in [1.54, 1.807) is 19.1 Å². The van der Waals surface area contributed by atoms with Gasteiger partial charge in [-0.3, -0.25) is 4.79 Å². The van der Waals surface area contributed by atoms with Crippen LogP contribution in [0.4, 0.5) is 5.69 Å². The van der Waals surface area contributed by atoms with Crippen molar-refractivity contribution in [3.8, 4) is 0 Å². The van der Waals surface area contributed by atoms with Gasteiger partial charge in [-0.25, -0.2) is 4.79 Å². The number of methoxy groups -OCH3 is 1. The van der Waals surface area contributed by atoms with E-state index >= 15 is 0 Å². The van der Waals surface area contributed by atoms with Gasteiger partial charge in [0.05, 0.1) is 24.9 Å². The topological polar surface area (TPSA) is 90.7 Å². The molecule has 6 nitrogen and oxygen atoms in total. The number of fused-ring (bicyclic) bond motifs is 1. The molecular formula is C20H24N2O4. The van der Waals surface area contributed by atoms with E-state index in [4.69, 9.17) is 15.2 Å². The van der Waals surface area contributed by atoms with Gasteiger partial charge in [0.2, 0.25) is 0 Å². The van der Waals surface area contributed by atoms with Crippen LogP contribution < -0.4 is 11.1 Å². The predicted octanol–water partition coefficient (Wildman–Crippen LogP) is 2.65. The fourth-order valence-electron chi connectivity index (χ4n) is 3.06. The van der Waals surface area contributed by atoms with E-state index in [1.807, 2.05) is 24.3 Å². The first kappa shape index (κ1) is 18.2. The molecule has 0 heterocycles. The van der Waals surface area contributed by atoms with Crippen LogP contribution in [0.15, 0.2) is 36.4 Å². The van der Waals surface area contributed by atoms with E-state index in [-0.39, 0.29) is 6.10 Å². The van der Waals surface area contributed by atoms with Crippen LogP contribution in [-0.4, -0.2) is 37.2 Å². The van der Waals surface area contributed by atoms with Gasteiger partial charge < -0.3 is 20.5 Å². The second-order valence-corrected chi connectivity index (χ2v) is 6.66. The van der Waals surface area contributed by atoms with Crippen LogP contribution in [0.1, 0.15) is 36.5 Å². The first-order valence-electron chi connectivity index (χ1n) is 8.82. The number of carbonyl (C=O) groups is 2. The molecule has 6 heteroatoms. The number of esters is 1. The van der Waals surface area contributed by atoms with Crippen LogP contribution in [0.2, 0.25) is 0 Å². The molecule has 0 bridgehead atoms. The van der Waals surface area contributed by atoms with Gasteiger partial charge in [0.15, 0.2) is 6.04 Å². The highest BCUT2D eigenvalue weighted by Gasteiger charge is 2.32. The molecule has 0 aromatic heterocycles. The summed E-state index contributed by atoms with van der Waals surface area (Å²) in [5, 5.41) is 4.58. The molecule has 1 aliphatic rings. The smallest absolute Gasteiger partial charge is 0.331 e. The minimum absolute atomic E-state index is 0.139. The molecule has 0 aliphatic heterocycles. The van der Waals surface area contributed by atoms with E-state index in [0.29, 0.717) is 11.3 Å². The lowest BCUT2D eigenvalue weighted by atomic mass is 9.95. The van der Waals surface area contributed by atoms with Gasteiger partial charge in [0, 0.05) is 5.69 Å². The summed E-state index contributed by atoms with van der Waals surface area (Å²) in [4.78, 5) is 24.9. The van der Waals surface area contributed by atoms with E-state index in [2.05, 4.69) is 5.32 Å². The summed E-state index contributed by atoms with van der Waals surface area (Å²) in [6.07, 6.45) is 2.73. The van der Waals surface area contributed by atoms with Gasteiger partial charge in [-0.15, -0.1) is 0 Å². The molecule has 2 aromatic carbocycles. The Morgan fingerprint density at radius 2 is 1.85 bits per heavy atom. The molecule has 138 valence electrons. The van der Waals surface area contributed by atoms with Crippen LogP contribution >= 0.6 is 0 Å². The molecule has 3 rings (SSSR count). The van der Waals surface area contributed by atoms with Crippen molar-refractivity contribution < 1.29 is 19.1 Å². The van der Waals surface area contributed by atoms with E-state index in [0.717, 1.165) is 30.0 Å². The van der Waals surface area contributed by atoms with Crippen molar-refractivity contribution in [3.05, 3.63) is 42.0 Å². The third-order valence-electron chi connectivity index (χ3n) is 4.83. The second kappa shape index (κ2) is 7.74. The highest BCUT2D eigenvalue weighted by atomic mass is 16.5. The molecule has 0 saturated heterocycles. The van der Waals surface area contributed by atoms with Crippen LogP contribution in [-0.2, 0) is 14.3 Å². The number of carbonyl (C=O) groups excluding carboxylic acids is 2. The molecule has 0 radical (unpaired) electrons. The molecule has 26 heavy (non-hydrogen) atoms. The Hall–Kier alpha value is -2.60. The fraction of sp³-hybridized carbons (Fsp3) is 0.400. The number of rotatable bonds is 6. The molecule has 2 atom stereocenters. The van der Waals surface area contributed by atoms with E-state index in [9.17, 15) is 9.59 Å².